The fourth-order valence-electron chi connectivity index (χ4n) is 0.619. The molecule has 1 rings (SSSR count). The van der Waals surface area contributed by atoms with Crippen LogP contribution < -0.4 is 0 Å². The molecule has 0 aliphatic rings. The van der Waals surface area contributed by atoms with Crippen LogP contribution in [0.1, 0.15) is 13.3 Å². The van der Waals surface area contributed by atoms with Crippen molar-refractivity contribution in [1.29, 1.82) is 0 Å². The Bertz CT molecular complexity index is 354. The van der Waals surface area contributed by atoms with Gasteiger partial charge in [0, 0.05) is 12.5 Å². The third-order valence-corrected chi connectivity index (χ3v) is 1.62. The maximum Gasteiger partial charge on any atom is 0.310 e. The molecule has 82 valence electrons. The van der Waals surface area contributed by atoms with E-state index in [0.717, 1.165) is 0 Å². The molecular weight excluding hydrogens is 222 g/mol. The molecule has 1 N–H and O–H groups in total. The molecule has 0 amide bonds. The van der Waals surface area contributed by atoms with Crippen molar-refractivity contribution in [3.8, 4) is 5.75 Å². The van der Waals surface area contributed by atoms with Crippen LogP contribution in [-0.2, 0) is 4.79 Å². The van der Waals surface area contributed by atoms with E-state index in [1.54, 1.807) is 6.92 Å². The average Bonchev–Trinajstić information content (AvgIpc) is 2.19. The van der Waals surface area contributed by atoms with Crippen LogP contribution in [0, 0.1) is 10.1 Å². The van der Waals surface area contributed by atoms with Crippen molar-refractivity contribution in [2.24, 2.45) is 0 Å². The van der Waals surface area contributed by atoms with Gasteiger partial charge in [-0.25, -0.2) is 0 Å². The average molecular weight is 232 g/mol. The molecule has 0 aromatic heterocycles. The van der Waals surface area contributed by atoms with E-state index in [1.807, 2.05) is 0 Å². The normalized spacial score (nSPS) is 8.67. The second-order valence-electron chi connectivity index (χ2n) is 2.45. The summed E-state index contributed by atoms with van der Waals surface area (Å²) in [5.41, 5.74) is -0.262. The van der Waals surface area contributed by atoms with Gasteiger partial charge in [-0.05, 0) is 17.7 Å². The van der Waals surface area contributed by atoms with E-state index in [9.17, 15) is 14.9 Å². The van der Waals surface area contributed by atoms with Crippen molar-refractivity contribution in [3.63, 3.8) is 0 Å². The van der Waals surface area contributed by atoms with Gasteiger partial charge in [-0.3, -0.25) is 14.9 Å². The van der Waals surface area contributed by atoms with Gasteiger partial charge >= 0.3 is 5.69 Å². The molecule has 0 atom stereocenters. The zero-order valence-corrected chi connectivity index (χ0v) is 8.77. The topological polar surface area (TPSA) is 80.4 Å². The number of nitrogens with zero attached hydrogens (tertiary/aromatic N) is 1. The Morgan fingerprint density at radius 1 is 1.53 bits per heavy atom. The van der Waals surface area contributed by atoms with Crippen LogP contribution in [0.5, 0.6) is 5.75 Å². The Morgan fingerprint density at radius 3 is 2.27 bits per heavy atom. The van der Waals surface area contributed by atoms with Crippen molar-refractivity contribution in [3.05, 3.63) is 34.4 Å². The second-order valence-corrected chi connectivity index (χ2v) is 2.88. The largest absolute Gasteiger partial charge is 0.502 e. The minimum absolute atomic E-state index is 0.262. The number of hydrogen-bond acceptors (Lipinski definition) is 4. The van der Waals surface area contributed by atoms with Crippen LogP contribution in [-0.4, -0.2) is 15.3 Å². The van der Waals surface area contributed by atoms with E-state index in [1.165, 1.54) is 24.3 Å². The Kier molecular flexibility index (Phi) is 6.05. The number of nitro groups is 1. The van der Waals surface area contributed by atoms with Crippen molar-refractivity contribution >= 4 is 22.5 Å². The summed E-state index contributed by atoms with van der Waals surface area (Å²) in [5, 5.41) is 18.6. The Balaban J connectivity index is 0.000000336. The van der Waals surface area contributed by atoms with Crippen LogP contribution in [0.2, 0.25) is 0 Å². The third-order valence-electron chi connectivity index (χ3n) is 1.36. The first-order chi connectivity index (χ1) is 6.99. The van der Waals surface area contributed by atoms with E-state index in [-0.39, 0.29) is 16.7 Å². The fourth-order valence-corrected chi connectivity index (χ4v) is 0.619. The zero-order valence-electron chi connectivity index (χ0n) is 8.01. The number of aromatic hydroxyl groups is 1. The summed E-state index contributed by atoms with van der Waals surface area (Å²) in [4.78, 5) is 19.0. The van der Waals surface area contributed by atoms with Crippen molar-refractivity contribution in [2.75, 3.05) is 0 Å². The first-order valence-corrected chi connectivity index (χ1v) is 4.47. The lowest BCUT2D eigenvalue weighted by atomic mass is 10.3. The fraction of sp³-hybridized carbons (Fsp3) is 0.222. The summed E-state index contributed by atoms with van der Waals surface area (Å²) in [6.45, 7) is 1.72. The lowest BCUT2D eigenvalue weighted by Crippen LogP contribution is -1.86. The van der Waals surface area contributed by atoms with Gasteiger partial charge in [0.25, 0.3) is 0 Å². The van der Waals surface area contributed by atoms with Crippen molar-refractivity contribution in [1.82, 2.24) is 0 Å². The highest BCUT2D eigenvalue weighted by atomic mass is 35.5. The molecule has 0 spiro atoms. The molecule has 0 radical (unpaired) electrons. The molecule has 6 heteroatoms. The smallest absolute Gasteiger partial charge is 0.310 e. The number of halogens is 1. The molecule has 0 saturated heterocycles. The maximum absolute atomic E-state index is 10.1. The van der Waals surface area contributed by atoms with E-state index >= 15 is 0 Å². The highest BCUT2D eigenvalue weighted by Gasteiger charge is 2.09. The summed E-state index contributed by atoms with van der Waals surface area (Å²) in [6, 6.07) is 5.55. The number of nitro benzene ring substituents is 1. The summed E-state index contributed by atoms with van der Waals surface area (Å²) in [6.07, 6.45) is 0.432. The Hall–Kier alpha value is -1.62. The van der Waals surface area contributed by atoms with Crippen molar-refractivity contribution in [2.45, 2.75) is 13.3 Å². The molecule has 0 heterocycles. The van der Waals surface area contributed by atoms with Crippen LogP contribution >= 0.6 is 11.6 Å². The molecule has 0 unspecified atom stereocenters. The lowest BCUT2D eigenvalue weighted by molar-refractivity contribution is -0.385. The van der Waals surface area contributed by atoms with Crippen LogP contribution in [0.15, 0.2) is 24.3 Å². The summed E-state index contributed by atoms with van der Waals surface area (Å²) < 4.78 is 0. The van der Waals surface area contributed by atoms with E-state index in [0.29, 0.717) is 6.42 Å². The summed E-state index contributed by atoms with van der Waals surface area (Å²) in [5.74, 6) is -0.299. The summed E-state index contributed by atoms with van der Waals surface area (Å²) in [7, 11) is 0. The molecule has 0 aliphatic heterocycles. The van der Waals surface area contributed by atoms with Gasteiger partial charge < -0.3 is 5.11 Å². The molecule has 0 saturated carbocycles. The molecule has 0 fully saturated rings. The predicted octanol–water partition coefficient (Wildman–Crippen LogP) is 2.46. The number of benzene rings is 1. The standard InChI is InChI=1S/C6H5NO3.C3H5ClO/c8-6-4-2-1-3-5(6)7(9)10;1-2-3(4)5/h1-4,8H;2H2,1H3. The monoisotopic (exact) mass is 231 g/mol. The Morgan fingerprint density at radius 2 is 2.00 bits per heavy atom. The van der Waals surface area contributed by atoms with Gasteiger partial charge in [-0.15, -0.1) is 0 Å². The number of carbonyl (C=O) groups is 1. The first-order valence-electron chi connectivity index (χ1n) is 4.09. The van der Waals surface area contributed by atoms with Gasteiger partial charge in [0.05, 0.1) is 4.92 Å². The van der Waals surface area contributed by atoms with Gasteiger partial charge in [0.1, 0.15) is 0 Å². The van der Waals surface area contributed by atoms with Gasteiger partial charge in [0.15, 0.2) is 5.75 Å². The van der Waals surface area contributed by atoms with Crippen LogP contribution in [0.3, 0.4) is 0 Å². The molecule has 0 bridgehead atoms. The second kappa shape index (κ2) is 6.78. The molecule has 5 nitrogen and oxygen atoms in total. The number of carbonyl (C=O) groups excluding carboxylic acids is 1. The SMILES string of the molecule is CCC(=O)Cl.O=[N+]([O-])c1ccccc1O. The molecule has 1 aromatic rings. The molecular formula is C9H10ClNO4. The minimum Gasteiger partial charge on any atom is -0.502 e. The minimum atomic E-state index is -0.630. The Labute approximate surface area is 91.4 Å². The third kappa shape index (κ3) is 5.64. The first kappa shape index (κ1) is 13.4. The number of para-hydroxylation sites is 2. The number of hydrogen-bond donors (Lipinski definition) is 1. The number of rotatable bonds is 2. The van der Waals surface area contributed by atoms with Gasteiger partial charge in [-0.1, -0.05) is 19.1 Å². The lowest BCUT2D eigenvalue weighted by Gasteiger charge is -1.91. The number of phenols is 1. The molecule has 0 aliphatic carbocycles. The van der Waals surface area contributed by atoms with Crippen molar-refractivity contribution < 1.29 is 14.8 Å². The van der Waals surface area contributed by atoms with E-state index in [2.05, 4.69) is 0 Å². The summed E-state index contributed by atoms with van der Waals surface area (Å²) >= 11 is 4.82. The number of phenolic OH excluding ortho intramolecular Hbond substituents is 1. The highest BCUT2D eigenvalue weighted by molar-refractivity contribution is 6.63. The quantitative estimate of drug-likeness (QED) is 0.482. The van der Waals surface area contributed by atoms with Gasteiger partial charge in [0.2, 0.25) is 5.24 Å². The van der Waals surface area contributed by atoms with Gasteiger partial charge in [-0.2, -0.15) is 0 Å². The zero-order chi connectivity index (χ0) is 11.8. The van der Waals surface area contributed by atoms with E-state index < -0.39 is 4.92 Å². The predicted molar refractivity (Wildman–Crippen MR) is 55.9 cm³/mol. The molecule has 1 aromatic carbocycles. The maximum atomic E-state index is 10.1. The van der Waals surface area contributed by atoms with E-state index in [4.69, 9.17) is 16.7 Å². The molecule has 15 heavy (non-hydrogen) atoms. The highest BCUT2D eigenvalue weighted by Crippen LogP contribution is 2.23. The van der Waals surface area contributed by atoms with Crippen LogP contribution in [0.25, 0.3) is 0 Å². The van der Waals surface area contributed by atoms with Crippen LogP contribution in [0.4, 0.5) is 5.69 Å².